The summed E-state index contributed by atoms with van der Waals surface area (Å²) in [5, 5.41) is 12.0. The van der Waals surface area contributed by atoms with Gasteiger partial charge in [-0.25, -0.2) is 4.98 Å². The Morgan fingerprint density at radius 1 is 1.44 bits per heavy atom. The lowest BCUT2D eigenvalue weighted by Gasteiger charge is -2.04. The van der Waals surface area contributed by atoms with E-state index in [1.165, 1.54) is 24.8 Å². The number of aromatic hydroxyl groups is 1. The Balaban J connectivity index is 2.01. The number of H-pyrrole nitrogens is 1. The van der Waals surface area contributed by atoms with E-state index in [2.05, 4.69) is 20.3 Å². The predicted molar refractivity (Wildman–Crippen MR) is 55.7 cm³/mol. The van der Waals surface area contributed by atoms with Gasteiger partial charge in [0.2, 0.25) is 0 Å². The van der Waals surface area contributed by atoms with E-state index < -0.39 is 0 Å². The van der Waals surface area contributed by atoms with Crippen LogP contribution in [0.25, 0.3) is 0 Å². The highest BCUT2D eigenvalue weighted by Gasteiger charge is 2.09. The third-order valence-corrected chi connectivity index (χ3v) is 2.04. The summed E-state index contributed by atoms with van der Waals surface area (Å²) in [4.78, 5) is 22.0. The molecule has 0 bridgehead atoms. The fraction of sp³-hybridized carbons (Fsp3) is 0.100. The molecule has 2 rings (SSSR count). The summed E-state index contributed by atoms with van der Waals surface area (Å²) < 4.78 is 0. The van der Waals surface area contributed by atoms with Crippen LogP contribution in [0.5, 0.6) is 5.75 Å². The summed E-state index contributed by atoms with van der Waals surface area (Å²) in [6, 6.07) is 1.46. The van der Waals surface area contributed by atoms with E-state index in [1.54, 1.807) is 6.20 Å². The zero-order chi connectivity index (χ0) is 11.4. The normalized spacial score (nSPS) is 10.0. The van der Waals surface area contributed by atoms with E-state index in [0.717, 1.165) is 5.69 Å². The zero-order valence-corrected chi connectivity index (χ0v) is 8.34. The van der Waals surface area contributed by atoms with Crippen molar-refractivity contribution in [1.82, 2.24) is 20.3 Å². The fourth-order valence-corrected chi connectivity index (χ4v) is 1.23. The van der Waals surface area contributed by atoms with Crippen molar-refractivity contribution in [2.45, 2.75) is 6.54 Å². The van der Waals surface area contributed by atoms with Crippen LogP contribution in [0.1, 0.15) is 16.1 Å². The summed E-state index contributed by atoms with van der Waals surface area (Å²) in [6.45, 7) is 0.334. The molecule has 0 saturated heterocycles. The minimum atomic E-state index is -0.352. The van der Waals surface area contributed by atoms with E-state index in [-0.39, 0.29) is 17.2 Å². The van der Waals surface area contributed by atoms with Crippen LogP contribution in [0.15, 0.2) is 31.0 Å². The number of carbonyl (C=O) groups is 1. The third kappa shape index (κ3) is 2.17. The molecule has 82 valence electrons. The largest absolute Gasteiger partial charge is 0.505 e. The van der Waals surface area contributed by atoms with Gasteiger partial charge < -0.3 is 15.4 Å². The van der Waals surface area contributed by atoms with E-state index in [0.29, 0.717) is 6.54 Å². The molecule has 6 nitrogen and oxygen atoms in total. The number of aromatic amines is 1. The standard InChI is InChI=1S/C10H10N4O2/c15-9-5-11-2-1-8(9)10(16)13-4-7-3-12-6-14-7/h1-3,5-6,15H,4H2,(H,12,14)(H,13,16). The number of hydrogen-bond donors (Lipinski definition) is 3. The molecule has 2 heterocycles. The number of nitrogens with one attached hydrogen (secondary N) is 2. The quantitative estimate of drug-likeness (QED) is 0.697. The highest BCUT2D eigenvalue weighted by molar-refractivity contribution is 5.96. The molecule has 0 spiro atoms. The molecule has 16 heavy (non-hydrogen) atoms. The number of aromatic nitrogens is 3. The number of hydrogen-bond acceptors (Lipinski definition) is 4. The van der Waals surface area contributed by atoms with Crippen LogP contribution in [0, 0.1) is 0 Å². The fourth-order valence-electron chi connectivity index (χ4n) is 1.23. The Hall–Kier alpha value is -2.37. The van der Waals surface area contributed by atoms with Crippen LogP contribution >= 0.6 is 0 Å². The molecule has 0 aromatic carbocycles. The molecule has 0 aliphatic rings. The molecule has 0 radical (unpaired) electrons. The summed E-state index contributed by atoms with van der Waals surface area (Å²) in [6.07, 6.45) is 5.83. The van der Waals surface area contributed by atoms with Gasteiger partial charge in [0.1, 0.15) is 5.75 Å². The number of imidazole rings is 1. The molecule has 6 heteroatoms. The molecule has 2 aromatic rings. The molecule has 3 N–H and O–H groups in total. The Morgan fingerprint density at radius 2 is 2.31 bits per heavy atom. The highest BCUT2D eigenvalue weighted by Crippen LogP contribution is 2.13. The van der Waals surface area contributed by atoms with Gasteiger partial charge in [-0.05, 0) is 6.07 Å². The van der Waals surface area contributed by atoms with Crippen LogP contribution in [-0.2, 0) is 6.54 Å². The molecular formula is C10H10N4O2. The minimum Gasteiger partial charge on any atom is -0.505 e. The van der Waals surface area contributed by atoms with Crippen LogP contribution in [0.4, 0.5) is 0 Å². The van der Waals surface area contributed by atoms with Crippen LogP contribution in [0.3, 0.4) is 0 Å². The maximum absolute atomic E-state index is 11.6. The number of rotatable bonds is 3. The lowest BCUT2D eigenvalue weighted by atomic mass is 10.2. The Kier molecular flexibility index (Phi) is 2.81. The van der Waals surface area contributed by atoms with Gasteiger partial charge in [-0.15, -0.1) is 0 Å². The number of pyridine rings is 1. The third-order valence-electron chi connectivity index (χ3n) is 2.04. The first-order valence-corrected chi connectivity index (χ1v) is 4.66. The van der Waals surface area contributed by atoms with E-state index in [9.17, 15) is 9.90 Å². The highest BCUT2D eigenvalue weighted by atomic mass is 16.3. The molecule has 1 amide bonds. The summed E-state index contributed by atoms with van der Waals surface area (Å²) >= 11 is 0. The van der Waals surface area contributed by atoms with Gasteiger partial charge in [0, 0.05) is 12.4 Å². The summed E-state index contributed by atoms with van der Waals surface area (Å²) in [5.41, 5.74) is 0.997. The average Bonchev–Trinajstić information content (AvgIpc) is 2.79. The number of carbonyl (C=O) groups excluding carboxylic acids is 1. The maximum atomic E-state index is 11.6. The molecule has 0 aliphatic heterocycles. The van der Waals surface area contributed by atoms with Crippen LogP contribution in [-0.4, -0.2) is 26.0 Å². The first-order chi connectivity index (χ1) is 7.77. The lowest BCUT2D eigenvalue weighted by molar-refractivity contribution is 0.0947. The maximum Gasteiger partial charge on any atom is 0.255 e. The molecule has 0 atom stereocenters. The van der Waals surface area contributed by atoms with Crippen molar-refractivity contribution in [2.75, 3.05) is 0 Å². The first-order valence-electron chi connectivity index (χ1n) is 4.66. The average molecular weight is 218 g/mol. The minimum absolute atomic E-state index is 0.135. The van der Waals surface area contributed by atoms with Gasteiger partial charge in [-0.1, -0.05) is 0 Å². The van der Waals surface area contributed by atoms with Crippen molar-refractivity contribution >= 4 is 5.91 Å². The molecular weight excluding hydrogens is 208 g/mol. The molecule has 0 saturated carbocycles. The molecule has 0 aliphatic carbocycles. The van der Waals surface area contributed by atoms with E-state index in [1.807, 2.05) is 0 Å². The van der Waals surface area contributed by atoms with Crippen molar-refractivity contribution in [3.8, 4) is 5.75 Å². The van der Waals surface area contributed by atoms with Gasteiger partial charge >= 0.3 is 0 Å². The second-order valence-corrected chi connectivity index (χ2v) is 3.15. The van der Waals surface area contributed by atoms with Crippen molar-refractivity contribution in [1.29, 1.82) is 0 Å². The Morgan fingerprint density at radius 3 is 3.00 bits per heavy atom. The van der Waals surface area contributed by atoms with Crippen LogP contribution in [0.2, 0.25) is 0 Å². The topological polar surface area (TPSA) is 90.9 Å². The van der Waals surface area contributed by atoms with Crippen molar-refractivity contribution < 1.29 is 9.90 Å². The number of nitrogens with zero attached hydrogens (tertiary/aromatic N) is 2. The second-order valence-electron chi connectivity index (χ2n) is 3.15. The predicted octanol–water partition coefficient (Wildman–Crippen LogP) is 0.440. The molecule has 0 unspecified atom stereocenters. The van der Waals surface area contributed by atoms with Gasteiger partial charge in [0.05, 0.1) is 30.3 Å². The van der Waals surface area contributed by atoms with Gasteiger partial charge in [-0.2, -0.15) is 0 Å². The van der Waals surface area contributed by atoms with Gasteiger partial charge in [0.15, 0.2) is 0 Å². The monoisotopic (exact) mass is 218 g/mol. The van der Waals surface area contributed by atoms with Crippen LogP contribution < -0.4 is 5.32 Å². The summed E-state index contributed by atoms with van der Waals surface area (Å²) in [7, 11) is 0. The van der Waals surface area contributed by atoms with Crippen molar-refractivity contribution in [2.24, 2.45) is 0 Å². The summed E-state index contributed by atoms with van der Waals surface area (Å²) in [5.74, 6) is -0.487. The van der Waals surface area contributed by atoms with E-state index in [4.69, 9.17) is 0 Å². The van der Waals surface area contributed by atoms with Crippen molar-refractivity contribution in [3.63, 3.8) is 0 Å². The Labute approximate surface area is 91.4 Å². The van der Waals surface area contributed by atoms with Gasteiger partial charge in [-0.3, -0.25) is 9.78 Å². The molecule has 0 fully saturated rings. The SMILES string of the molecule is O=C(NCc1cnc[nH]1)c1ccncc1O. The van der Waals surface area contributed by atoms with E-state index >= 15 is 0 Å². The smallest absolute Gasteiger partial charge is 0.255 e. The molecule has 2 aromatic heterocycles. The van der Waals surface area contributed by atoms with Crippen molar-refractivity contribution in [3.05, 3.63) is 42.2 Å². The lowest BCUT2D eigenvalue weighted by Crippen LogP contribution is -2.23. The zero-order valence-electron chi connectivity index (χ0n) is 8.34. The Bertz CT molecular complexity index is 481. The second kappa shape index (κ2) is 4.43. The van der Waals surface area contributed by atoms with Gasteiger partial charge in [0.25, 0.3) is 5.91 Å². The first kappa shape index (κ1) is 10.2. The number of amides is 1.